The third-order valence-corrected chi connectivity index (χ3v) is 6.11. The Bertz CT molecular complexity index is 842. The number of aryl methyl sites for hydroxylation is 1. The van der Waals surface area contributed by atoms with Crippen molar-refractivity contribution < 1.29 is 9.59 Å². The van der Waals surface area contributed by atoms with E-state index in [0.29, 0.717) is 11.6 Å². The van der Waals surface area contributed by atoms with Crippen LogP contribution in [0.15, 0.2) is 48.5 Å². The van der Waals surface area contributed by atoms with Gasteiger partial charge in [0, 0.05) is 17.6 Å². The largest absolute Gasteiger partial charge is 0.352 e. The van der Waals surface area contributed by atoms with Crippen molar-refractivity contribution in [2.45, 2.75) is 71.0 Å². The Balaban J connectivity index is 1.74. The number of hydrogen-bond acceptors (Lipinski definition) is 2. The summed E-state index contributed by atoms with van der Waals surface area (Å²) in [6.45, 7) is 4.27. The van der Waals surface area contributed by atoms with E-state index in [2.05, 4.69) is 5.32 Å². The van der Waals surface area contributed by atoms with Gasteiger partial charge in [-0.1, -0.05) is 72.8 Å². The first kappa shape index (κ1) is 22.4. The lowest BCUT2D eigenvalue weighted by atomic mass is 9.95. The minimum absolute atomic E-state index is 0.0656. The molecule has 0 radical (unpaired) electrons. The second-order valence-corrected chi connectivity index (χ2v) is 8.77. The third kappa shape index (κ3) is 6.33. The normalized spacial score (nSPS) is 15.4. The molecule has 0 unspecified atom stereocenters. The predicted octanol–water partition coefficient (Wildman–Crippen LogP) is 5.06. The molecule has 1 atom stereocenters. The first-order valence-corrected chi connectivity index (χ1v) is 11.2. The number of carbonyl (C=O) groups excluding carboxylic acids is 2. The molecule has 0 heterocycles. The Morgan fingerprint density at radius 3 is 2.23 bits per heavy atom. The molecule has 30 heavy (non-hydrogen) atoms. The third-order valence-electron chi connectivity index (χ3n) is 5.86. The zero-order chi connectivity index (χ0) is 21.5. The number of carbonyl (C=O) groups is 2. The molecule has 3 rings (SSSR count). The first-order valence-electron chi connectivity index (χ1n) is 10.8. The maximum absolute atomic E-state index is 13.2. The molecule has 2 aromatic carbocycles. The van der Waals surface area contributed by atoms with E-state index in [4.69, 9.17) is 11.6 Å². The Kier molecular flexibility index (Phi) is 7.92. The molecule has 2 aromatic rings. The maximum Gasteiger partial charge on any atom is 0.242 e. The van der Waals surface area contributed by atoms with Gasteiger partial charge in [-0.25, -0.2) is 0 Å². The van der Waals surface area contributed by atoms with Gasteiger partial charge in [-0.3, -0.25) is 9.59 Å². The second-order valence-electron chi connectivity index (χ2n) is 8.33. The monoisotopic (exact) mass is 426 g/mol. The Hall–Kier alpha value is -2.33. The predicted molar refractivity (Wildman–Crippen MR) is 121 cm³/mol. The van der Waals surface area contributed by atoms with E-state index in [0.717, 1.165) is 36.8 Å². The number of nitrogens with zero attached hydrogens (tertiary/aromatic N) is 1. The molecule has 0 aromatic heterocycles. The van der Waals surface area contributed by atoms with Crippen LogP contribution >= 0.6 is 11.6 Å². The average molecular weight is 427 g/mol. The average Bonchev–Trinajstić information content (AvgIpc) is 2.75. The summed E-state index contributed by atoms with van der Waals surface area (Å²) >= 11 is 5.97. The molecule has 0 aliphatic heterocycles. The van der Waals surface area contributed by atoms with E-state index in [-0.39, 0.29) is 24.3 Å². The molecule has 1 aliphatic rings. The first-order chi connectivity index (χ1) is 14.4. The van der Waals surface area contributed by atoms with Crippen LogP contribution in [0.4, 0.5) is 0 Å². The fraction of sp³-hybridized carbons (Fsp3) is 0.440. The number of nitrogens with one attached hydrogen (secondary N) is 1. The Labute approximate surface area is 184 Å². The van der Waals surface area contributed by atoms with Gasteiger partial charge in [-0.15, -0.1) is 0 Å². The van der Waals surface area contributed by atoms with Crippen molar-refractivity contribution in [1.29, 1.82) is 0 Å². The summed E-state index contributed by atoms with van der Waals surface area (Å²) in [5, 5.41) is 3.81. The van der Waals surface area contributed by atoms with Crippen LogP contribution in [0.3, 0.4) is 0 Å². The highest BCUT2D eigenvalue weighted by Gasteiger charge is 2.28. The molecular formula is C25H31ClN2O2. The standard InChI is InChI=1S/C25H31ClN2O2/c1-18-8-10-21(11-9-18)17-28(24(29)16-20-12-14-22(26)15-13-20)19(2)25(30)27-23-6-4-3-5-7-23/h8-15,19,23H,3-7,16-17H2,1-2H3,(H,27,30)/t19-/m1/s1. The Morgan fingerprint density at radius 1 is 1.00 bits per heavy atom. The fourth-order valence-corrected chi connectivity index (χ4v) is 4.05. The van der Waals surface area contributed by atoms with E-state index >= 15 is 0 Å². The minimum Gasteiger partial charge on any atom is -0.352 e. The van der Waals surface area contributed by atoms with E-state index in [1.165, 1.54) is 12.0 Å². The molecule has 1 saturated carbocycles. The van der Waals surface area contributed by atoms with Crippen LogP contribution in [0, 0.1) is 6.92 Å². The molecule has 1 aliphatic carbocycles. The maximum atomic E-state index is 13.2. The summed E-state index contributed by atoms with van der Waals surface area (Å²) in [7, 11) is 0. The van der Waals surface area contributed by atoms with Crippen LogP contribution in [0.25, 0.3) is 0 Å². The summed E-state index contributed by atoms with van der Waals surface area (Å²) in [4.78, 5) is 27.9. The molecule has 0 saturated heterocycles. The molecule has 1 N–H and O–H groups in total. The molecule has 2 amide bonds. The minimum atomic E-state index is -0.534. The lowest BCUT2D eigenvalue weighted by Gasteiger charge is -2.31. The van der Waals surface area contributed by atoms with Crippen molar-refractivity contribution in [3.05, 3.63) is 70.2 Å². The summed E-state index contributed by atoms with van der Waals surface area (Å²) in [6, 6.07) is 15.1. The van der Waals surface area contributed by atoms with Crippen molar-refractivity contribution in [1.82, 2.24) is 10.2 Å². The molecule has 0 spiro atoms. The van der Waals surface area contributed by atoms with Crippen LogP contribution in [0.2, 0.25) is 5.02 Å². The van der Waals surface area contributed by atoms with E-state index in [1.54, 1.807) is 17.0 Å². The summed E-state index contributed by atoms with van der Waals surface area (Å²) in [5.41, 5.74) is 3.07. The van der Waals surface area contributed by atoms with Crippen molar-refractivity contribution in [3.8, 4) is 0 Å². The SMILES string of the molecule is Cc1ccc(CN(C(=O)Cc2ccc(Cl)cc2)[C@H](C)C(=O)NC2CCCCC2)cc1. The van der Waals surface area contributed by atoms with Gasteiger partial charge in [-0.05, 0) is 49.9 Å². The molecule has 160 valence electrons. The van der Waals surface area contributed by atoms with Gasteiger partial charge in [0.05, 0.1) is 6.42 Å². The molecular weight excluding hydrogens is 396 g/mol. The van der Waals surface area contributed by atoms with Crippen LogP contribution in [-0.4, -0.2) is 28.8 Å². The van der Waals surface area contributed by atoms with Crippen molar-refractivity contribution >= 4 is 23.4 Å². The van der Waals surface area contributed by atoms with Crippen LogP contribution in [0.5, 0.6) is 0 Å². The molecule has 1 fully saturated rings. The summed E-state index contributed by atoms with van der Waals surface area (Å²) < 4.78 is 0. The van der Waals surface area contributed by atoms with Crippen molar-refractivity contribution in [3.63, 3.8) is 0 Å². The lowest BCUT2D eigenvalue weighted by Crippen LogP contribution is -2.50. The second kappa shape index (κ2) is 10.6. The van der Waals surface area contributed by atoms with Gasteiger partial charge in [0.15, 0.2) is 0 Å². The quantitative estimate of drug-likeness (QED) is 0.672. The van der Waals surface area contributed by atoms with Crippen molar-refractivity contribution in [2.75, 3.05) is 0 Å². The number of benzene rings is 2. The van der Waals surface area contributed by atoms with E-state index < -0.39 is 6.04 Å². The number of halogens is 1. The highest BCUT2D eigenvalue weighted by atomic mass is 35.5. The van der Waals surface area contributed by atoms with Crippen LogP contribution in [0.1, 0.15) is 55.7 Å². The van der Waals surface area contributed by atoms with E-state index in [1.807, 2.05) is 50.2 Å². The van der Waals surface area contributed by atoms with Gasteiger partial charge < -0.3 is 10.2 Å². The zero-order valence-corrected chi connectivity index (χ0v) is 18.6. The van der Waals surface area contributed by atoms with Gasteiger partial charge >= 0.3 is 0 Å². The van der Waals surface area contributed by atoms with Crippen LogP contribution < -0.4 is 5.32 Å². The van der Waals surface area contributed by atoms with Gasteiger partial charge in [-0.2, -0.15) is 0 Å². The lowest BCUT2D eigenvalue weighted by molar-refractivity contribution is -0.140. The number of rotatable bonds is 7. The van der Waals surface area contributed by atoms with Gasteiger partial charge in [0.2, 0.25) is 11.8 Å². The smallest absolute Gasteiger partial charge is 0.242 e. The number of hydrogen-bond donors (Lipinski definition) is 1. The highest BCUT2D eigenvalue weighted by Crippen LogP contribution is 2.19. The fourth-order valence-electron chi connectivity index (χ4n) is 3.92. The molecule has 4 nitrogen and oxygen atoms in total. The van der Waals surface area contributed by atoms with Gasteiger partial charge in [0.25, 0.3) is 0 Å². The summed E-state index contributed by atoms with van der Waals surface area (Å²) in [5.74, 6) is -0.136. The summed E-state index contributed by atoms with van der Waals surface area (Å²) in [6.07, 6.45) is 5.83. The zero-order valence-electron chi connectivity index (χ0n) is 17.9. The van der Waals surface area contributed by atoms with Crippen LogP contribution in [-0.2, 0) is 22.6 Å². The topological polar surface area (TPSA) is 49.4 Å². The Morgan fingerprint density at radius 2 is 1.60 bits per heavy atom. The van der Waals surface area contributed by atoms with Gasteiger partial charge in [0.1, 0.15) is 6.04 Å². The van der Waals surface area contributed by atoms with Crippen molar-refractivity contribution in [2.24, 2.45) is 0 Å². The van der Waals surface area contributed by atoms with E-state index in [9.17, 15) is 9.59 Å². The molecule has 5 heteroatoms. The number of amides is 2. The molecule has 0 bridgehead atoms. The highest BCUT2D eigenvalue weighted by molar-refractivity contribution is 6.30.